The predicted molar refractivity (Wildman–Crippen MR) is 119 cm³/mol. The van der Waals surface area contributed by atoms with Crippen LogP contribution >= 0.6 is 0 Å². The van der Waals surface area contributed by atoms with E-state index >= 15 is 0 Å². The van der Waals surface area contributed by atoms with Gasteiger partial charge < -0.3 is 20.7 Å². The van der Waals surface area contributed by atoms with E-state index in [1.54, 1.807) is 12.3 Å². The molecule has 1 amide bonds. The van der Waals surface area contributed by atoms with Gasteiger partial charge in [-0.2, -0.15) is 5.10 Å². The van der Waals surface area contributed by atoms with Crippen LogP contribution in [0.2, 0.25) is 0 Å². The third kappa shape index (κ3) is 2.49. The Morgan fingerprint density at radius 1 is 1.26 bits per heavy atom. The molecule has 1 aromatic carbocycles. The molecule has 2 heterocycles. The van der Waals surface area contributed by atoms with E-state index in [2.05, 4.69) is 5.10 Å². The molecule has 2 aromatic rings. The number of phenols is 1. The summed E-state index contributed by atoms with van der Waals surface area (Å²) in [6, 6.07) is 3.47. The van der Waals surface area contributed by atoms with Crippen LogP contribution in [0.15, 0.2) is 47.2 Å². The van der Waals surface area contributed by atoms with Gasteiger partial charge in [0.05, 0.1) is 11.8 Å². The molecule has 3 aliphatic carbocycles. The van der Waals surface area contributed by atoms with E-state index in [9.17, 15) is 24.6 Å². The van der Waals surface area contributed by atoms with Crippen molar-refractivity contribution in [1.82, 2.24) is 9.78 Å². The molecule has 9 nitrogen and oxygen atoms in total. The molecule has 34 heavy (non-hydrogen) atoms. The number of phenolic OH excluding ortho intramolecular Hbond substituents is 1. The first-order valence-corrected chi connectivity index (χ1v) is 11.3. The first-order valence-electron chi connectivity index (χ1n) is 11.3. The molecule has 6 rings (SSSR count). The van der Waals surface area contributed by atoms with Crippen LogP contribution in [0.25, 0.3) is 11.1 Å². The van der Waals surface area contributed by atoms with Crippen molar-refractivity contribution >= 4 is 17.5 Å². The number of aliphatic hydroxyl groups is 1. The normalized spacial score (nSPS) is 27.1. The van der Waals surface area contributed by atoms with Gasteiger partial charge in [0, 0.05) is 35.7 Å². The average molecular weight is 461 g/mol. The molecular formula is C25H23N3O6. The molecule has 174 valence electrons. The fourth-order valence-corrected chi connectivity index (χ4v) is 5.93. The standard InChI is InChI=1S/C25H23N3O6/c1-10(2)28-9-12(8-27-28)14-3-4-16(29)19-15(14)6-11-5-13-7-17(30)20(24(26)33)22(32)25(13)23(34-25)18(11)21(19)31/h3-4,8-11,13,29,32H,5-7H2,1-2H3,(H2,26,33)/t11?,13-,25+/m0/s1. The number of epoxide rings is 1. The van der Waals surface area contributed by atoms with Gasteiger partial charge in [-0.25, -0.2) is 0 Å². The van der Waals surface area contributed by atoms with Crippen molar-refractivity contribution in [2.24, 2.45) is 17.6 Å². The zero-order valence-corrected chi connectivity index (χ0v) is 18.7. The third-order valence-electron chi connectivity index (χ3n) is 7.56. The zero-order valence-electron chi connectivity index (χ0n) is 18.7. The van der Waals surface area contributed by atoms with Gasteiger partial charge in [-0.3, -0.25) is 19.1 Å². The number of aromatic hydroxyl groups is 1. The number of ether oxygens (including phenoxy) is 1. The monoisotopic (exact) mass is 461 g/mol. The molecule has 1 aliphatic heterocycles. The smallest absolute Gasteiger partial charge is 0.255 e. The van der Waals surface area contributed by atoms with Gasteiger partial charge in [-0.15, -0.1) is 0 Å². The highest BCUT2D eigenvalue weighted by Crippen LogP contribution is 2.64. The van der Waals surface area contributed by atoms with Gasteiger partial charge >= 0.3 is 0 Å². The lowest BCUT2D eigenvalue weighted by molar-refractivity contribution is -0.123. The van der Waals surface area contributed by atoms with Gasteiger partial charge in [0.2, 0.25) is 5.60 Å². The molecule has 0 radical (unpaired) electrons. The number of nitrogens with zero attached hydrogens (tertiary/aromatic N) is 2. The number of nitrogens with two attached hydrogens (primary N) is 1. The van der Waals surface area contributed by atoms with E-state index in [-0.39, 0.29) is 41.2 Å². The Balaban J connectivity index is 1.50. The Kier molecular flexibility index (Phi) is 4.01. The summed E-state index contributed by atoms with van der Waals surface area (Å²) in [4.78, 5) is 38.0. The minimum absolute atomic E-state index is 0.00468. The number of Topliss-reactive ketones (excluding diaryl/α,β-unsaturated/α-hetero) is 2. The second-order valence-electron chi connectivity index (χ2n) is 9.75. The number of carbonyl (C=O) groups is 3. The Hall–Kier alpha value is -3.88. The summed E-state index contributed by atoms with van der Waals surface area (Å²) in [5.74, 6) is -2.87. The molecule has 1 spiro atoms. The minimum Gasteiger partial charge on any atom is -0.507 e. The molecule has 3 atom stereocenters. The summed E-state index contributed by atoms with van der Waals surface area (Å²) in [5.41, 5.74) is 6.53. The number of hydrogen-bond acceptors (Lipinski definition) is 7. The topological polar surface area (TPSA) is 148 Å². The van der Waals surface area contributed by atoms with Crippen molar-refractivity contribution < 1.29 is 29.3 Å². The maximum absolute atomic E-state index is 13.7. The Bertz CT molecular complexity index is 1400. The van der Waals surface area contributed by atoms with Gasteiger partial charge in [0.25, 0.3) is 5.91 Å². The first kappa shape index (κ1) is 20.7. The highest BCUT2D eigenvalue weighted by Gasteiger charge is 2.71. The quantitative estimate of drug-likeness (QED) is 0.470. The number of allylic oxidation sites excluding steroid dienone is 1. The fourth-order valence-electron chi connectivity index (χ4n) is 5.93. The van der Waals surface area contributed by atoms with Gasteiger partial charge in [-0.05, 0) is 49.8 Å². The number of carbonyl (C=O) groups excluding carboxylic acids is 3. The summed E-state index contributed by atoms with van der Waals surface area (Å²) < 4.78 is 7.68. The van der Waals surface area contributed by atoms with Crippen LogP contribution in [0.1, 0.15) is 48.7 Å². The maximum atomic E-state index is 13.7. The Labute approximate surface area is 194 Å². The number of aromatic nitrogens is 2. The highest BCUT2D eigenvalue weighted by atomic mass is 16.6. The summed E-state index contributed by atoms with van der Waals surface area (Å²) in [7, 11) is 0. The van der Waals surface area contributed by atoms with Crippen LogP contribution in [0.5, 0.6) is 5.75 Å². The number of hydrogen-bond donors (Lipinski definition) is 3. The van der Waals surface area contributed by atoms with Crippen molar-refractivity contribution in [3.05, 3.63) is 58.3 Å². The molecule has 1 saturated heterocycles. The summed E-state index contributed by atoms with van der Waals surface area (Å²) in [6.07, 6.45) is 4.55. The number of ketones is 2. The number of fused-ring (bicyclic) bond motifs is 2. The predicted octanol–water partition coefficient (Wildman–Crippen LogP) is 2.50. The molecule has 4 N–H and O–H groups in total. The molecule has 1 aromatic heterocycles. The van der Waals surface area contributed by atoms with Crippen LogP contribution in [-0.2, 0) is 20.7 Å². The van der Waals surface area contributed by atoms with Crippen molar-refractivity contribution in [3.8, 4) is 16.9 Å². The minimum atomic E-state index is -1.34. The fraction of sp³-hybridized carbons (Fsp3) is 0.360. The van der Waals surface area contributed by atoms with Gasteiger partial charge in [0.1, 0.15) is 11.3 Å². The third-order valence-corrected chi connectivity index (χ3v) is 7.56. The van der Waals surface area contributed by atoms with Crippen LogP contribution < -0.4 is 5.73 Å². The number of aliphatic hydroxyl groups excluding tert-OH is 1. The average Bonchev–Trinajstić information content (AvgIpc) is 3.32. The lowest BCUT2D eigenvalue weighted by Crippen LogP contribution is -2.43. The van der Waals surface area contributed by atoms with E-state index < -0.39 is 34.5 Å². The second kappa shape index (κ2) is 6.59. The van der Waals surface area contributed by atoms with Crippen LogP contribution in [-0.4, -0.2) is 43.1 Å². The van der Waals surface area contributed by atoms with Gasteiger partial charge in [-0.1, -0.05) is 6.07 Å². The first-order chi connectivity index (χ1) is 16.1. The van der Waals surface area contributed by atoms with E-state index in [1.807, 2.05) is 24.7 Å². The largest absolute Gasteiger partial charge is 0.507 e. The van der Waals surface area contributed by atoms with Crippen LogP contribution in [0.3, 0.4) is 0 Å². The van der Waals surface area contributed by atoms with Crippen molar-refractivity contribution in [3.63, 3.8) is 0 Å². The van der Waals surface area contributed by atoms with E-state index in [0.29, 0.717) is 18.4 Å². The van der Waals surface area contributed by atoms with E-state index in [0.717, 1.165) is 16.7 Å². The van der Waals surface area contributed by atoms with Crippen molar-refractivity contribution in [1.29, 1.82) is 0 Å². The molecule has 1 fully saturated rings. The van der Waals surface area contributed by atoms with E-state index in [1.165, 1.54) is 6.07 Å². The van der Waals surface area contributed by atoms with Crippen molar-refractivity contribution in [2.45, 2.75) is 44.8 Å². The highest BCUT2D eigenvalue weighted by molar-refractivity contribution is 6.21. The molecule has 1 unspecified atom stereocenters. The summed E-state index contributed by atoms with van der Waals surface area (Å²) in [6.45, 7) is 4.04. The SMILES string of the molecule is CC(C)n1cc(-c2ccc(O)c3c2CC2C[C@H]4CC(=O)C(C(N)=O)=C(O)[C@]45OC5=C2C3=O)cn1. The zero-order chi connectivity index (χ0) is 24.1. The number of rotatable bonds is 3. The lowest BCUT2D eigenvalue weighted by Gasteiger charge is -2.36. The molecule has 4 aliphatic rings. The van der Waals surface area contributed by atoms with Crippen LogP contribution in [0, 0.1) is 11.8 Å². The second-order valence-corrected chi connectivity index (χ2v) is 9.75. The van der Waals surface area contributed by atoms with Crippen molar-refractivity contribution in [2.75, 3.05) is 0 Å². The summed E-state index contributed by atoms with van der Waals surface area (Å²) >= 11 is 0. The Morgan fingerprint density at radius 3 is 2.71 bits per heavy atom. The number of amides is 1. The number of benzene rings is 1. The summed E-state index contributed by atoms with van der Waals surface area (Å²) in [5, 5.41) is 25.9. The molecular weight excluding hydrogens is 438 g/mol. The number of primary amides is 1. The Morgan fingerprint density at radius 2 is 2.03 bits per heavy atom. The maximum Gasteiger partial charge on any atom is 0.255 e. The molecule has 0 saturated carbocycles. The molecule has 9 heteroatoms. The van der Waals surface area contributed by atoms with Gasteiger partial charge in [0.15, 0.2) is 23.1 Å². The van der Waals surface area contributed by atoms with E-state index in [4.69, 9.17) is 10.5 Å². The molecule has 0 bridgehead atoms. The lowest BCUT2D eigenvalue weighted by atomic mass is 9.63. The van der Waals surface area contributed by atoms with Crippen LogP contribution in [0.4, 0.5) is 0 Å².